The monoisotopic (exact) mass is 493 g/mol. The summed E-state index contributed by atoms with van der Waals surface area (Å²) in [4.78, 5) is 25.7. The van der Waals surface area contributed by atoms with Crippen LogP contribution in [0, 0.1) is 5.92 Å². The van der Waals surface area contributed by atoms with Crippen LogP contribution in [-0.4, -0.2) is 31.5 Å². The Bertz CT molecular complexity index is 1170. The maximum atomic E-state index is 13.4. The Labute approximate surface area is 199 Å². The number of alkyl halides is 3. The van der Waals surface area contributed by atoms with Crippen LogP contribution >= 0.6 is 0 Å². The molecule has 3 aromatic rings. The van der Waals surface area contributed by atoms with E-state index in [9.17, 15) is 27.9 Å². The number of halogens is 3. The van der Waals surface area contributed by atoms with E-state index in [2.05, 4.69) is 4.98 Å². The van der Waals surface area contributed by atoms with Crippen LogP contribution in [0.3, 0.4) is 0 Å². The van der Waals surface area contributed by atoms with Gasteiger partial charge in [-0.05, 0) is 23.3 Å². The van der Waals surface area contributed by atoms with Crippen LogP contribution < -0.4 is 10.5 Å². The number of aryl methyl sites for hydroxylation is 1. The van der Waals surface area contributed by atoms with Crippen LogP contribution in [0.2, 0.25) is 0 Å². The predicted octanol–water partition coefficient (Wildman–Crippen LogP) is 4.41. The Morgan fingerprint density at radius 1 is 1.11 bits per heavy atom. The molecule has 0 radical (unpaired) electrons. The number of carboxylic acid groups (broad SMARTS) is 1. The van der Waals surface area contributed by atoms with Crippen molar-refractivity contribution in [3.05, 3.63) is 76.9 Å². The first kappa shape index (κ1) is 27.4. The molecule has 11 heteroatoms. The van der Waals surface area contributed by atoms with E-state index in [1.54, 1.807) is 49.7 Å². The van der Waals surface area contributed by atoms with Crippen molar-refractivity contribution in [1.29, 1.82) is 0 Å². The molecule has 1 heterocycles. The number of ketones is 1. The molecule has 0 aliphatic heterocycles. The molecule has 0 aliphatic rings. The number of hydrogen-bond donors (Lipinski definition) is 3. The second-order valence-corrected chi connectivity index (χ2v) is 7.89. The number of Topliss-reactive ketones (excluding diaryl/α,β-unsaturated/α-hetero) is 1. The number of aromatic carboxylic acids is 1. The number of aromatic hydroxyl groups is 1. The fourth-order valence-corrected chi connectivity index (χ4v) is 2.93. The summed E-state index contributed by atoms with van der Waals surface area (Å²) in [5, 5.41) is 18.4. The molecule has 0 amide bonds. The zero-order chi connectivity index (χ0) is 26.3. The van der Waals surface area contributed by atoms with Gasteiger partial charge in [0.25, 0.3) is 0 Å². The second kappa shape index (κ2) is 11.5. The quantitative estimate of drug-likeness (QED) is 0.416. The van der Waals surface area contributed by atoms with Crippen molar-refractivity contribution in [3.63, 3.8) is 0 Å². The number of hydrogen-bond acceptors (Lipinski definition) is 6. The van der Waals surface area contributed by atoms with Gasteiger partial charge < -0.3 is 25.3 Å². The lowest BCUT2D eigenvalue weighted by Gasteiger charge is -2.18. The Balaban J connectivity index is 0.000000402. The molecule has 0 bridgehead atoms. The number of aromatic nitrogens is 2. The van der Waals surface area contributed by atoms with Crippen LogP contribution in [0.4, 0.5) is 13.2 Å². The first-order valence-corrected chi connectivity index (χ1v) is 10.4. The number of carboxylic acids is 1. The molecular weight excluding hydrogens is 467 g/mol. The molecule has 4 N–H and O–H groups in total. The van der Waals surface area contributed by atoms with Gasteiger partial charge in [0.05, 0.1) is 11.9 Å². The van der Waals surface area contributed by atoms with E-state index in [-0.39, 0.29) is 17.9 Å². The van der Waals surface area contributed by atoms with Crippen LogP contribution in [0.5, 0.6) is 11.5 Å². The third kappa shape index (κ3) is 7.31. The predicted molar refractivity (Wildman–Crippen MR) is 121 cm³/mol. The molecule has 0 aliphatic carbocycles. The van der Waals surface area contributed by atoms with Gasteiger partial charge in [0.2, 0.25) is 0 Å². The maximum absolute atomic E-state index is 13.4. The van der Waals surface area contributed by atoms with Crippen molar-refractivity contribution >= 4 is 11.8 Å². The van der Waals surface area contributed by atoms with E-state index < -0.39 is 40.9 Å². The van der Waals surface area contributed by atoms with E-state index in [0.29, 0.717) is 12.1 Å². The number of ether oxygens (including phenoxy) is 1. The Morgan fingerprint density at radius 2 is 1.71 bits per heavy atom. The lowest BCUT2D eigenvalue weighted by atomic mass is 9.97. The molecule has 0 saturated carbocycles. The smallest absolute Gasteiger partial charge is 0.423 e. The lowest BCUT2D eigenvalue weighted by molar-refractivity contribution is -0.140. The van der Waals surface area contributed by atoms with E-state index in [1.807, 2.05) is 0 Å². The molecule has 2 aromatic carbocycles. The highest BCUT2D eigenvalue weighted by molar-refractivity contribution is 6.00. The summed E-state index contributed by atoms with van der Waals surface area (Å²) in [7, 11) is 1.72. The van der Waals surface area contributed by atoms with Crippen molar-refractivity contribution in [3.8, 4) is 11.5 Å². The number of imidazole rings is 1. The number of nitrogens with two attached hydrogens (primary N) is 1. The number of carbonyl (C=O) groups is 2. The van der Waals surface area contributed by atoms with Crippen molar-refractivity contribution < 1.29 is 37.7 Å². The standard InChI is InChI=1S/C19H20F3NO3.C5H6N2O2/c1-11(2)17(24)14-7-8-15(16(18(14)25)19(20,21)22)26-10-13-5-3-12(9-23)4-6-13;1-7-2-4(5(8)9)6-3-7/h3-8,11,25H,9-10,23H2,1-2H3;2-3H,1H3,(H,8,9). The molecule has 35 heavy (non-hydrogen) atoms. The van der Waals surface area contributed by atoms with E-state index in [4.69, 9.17) is 15.6 Å². The summed E-state index contributed by atoms with van der Waals surface area (Å²) in [5.41, 5.74) is 5.40. The van der Waals surface area contributed by atoms with Gasteiger partial charge in [0.1, 0.15) is 23.7 Å². The SMILES string of the molecule is CC(C)C(=O)c1ccc(OCc2ccc(CN)cc2)c(C(F)(F)F)c1O.Cn1cnc(C(=O)O)c1. The second-order valence-electron chi connectivity index (χ2n) is 7.89. The average molecular weight is 493 g/mol. The van der Waals surface area contributed by atoms with E-state index in [1.165, 1.54) is 12.5 Å². The number of nitrogens with zero attached hydrogens (tertiary/aromatic N) is 2. The van der Waals surface area contributed by atoms with Gasteiger partial charge in [0.15, 0.2) is 11.5 Å². The largest absolute Gasteiger partial charge is 0.506 e. The summed E-state index contributed by atoms with van der Waals surface area (Å²) in [6.07, 6.45) is -1.97. The van der Waals surface area contributed by atoms with Gasteiger partial charge in [-0.2, -0.15) is 13.2 Å². The first-order valence-electron chi connectivity index (χ1n) is 10.4. The summed E-state index contributed by atoms with van der Waals surface area (Å²) in [6.45, 7) is 3.33. The molecule has 0 unspecified atom stereocenters. The van der Waals surface area contributed by atoms with Crippen LogP contribution in [0.15, 0.2) is 48.9 Å². The van der Waals surface area contributed by atoms with Crippen molar-refractivity contribution in [2.45, 2.75) is 33.2 Å². The highest BCUT2D eigenvalue weighted by atomic mass is 19.4. The number of benzene rings is 2. The van der Waals surface area contributed by atoms with E-state index in [0.717, 1.165) is 17.7 Å². The van der Waals surface area contributed by atoms with Crippen LogP contribution in [-0.2, 0) is 26.4 Å². The zero-order valence-corrected chi connectivity index (χ0v) is 19.3. The summed E-state index contributed by atoms with van der Waals surface area (Å²) in [5.74, 6) is -3.74. The first-order chi connectivity index (χ1) is 16.3. The van der Waals surface area contributed by atoms with Gasteiger partial charge in [-0.25, -0.2) is 9.78 Å². The summed E-state index contributed by atoms with van der Waals surface area (Å²) >= 11 is 0. The fourth-order valence-electron chi connectivity index (χ4n) is 2.93. The summed E-state index contributed by atoms with van der Waals surface area (Å²) < 4.78 is 47.1. The minimum absolute atomic E-state index is 0.0810. The molecule has 0 fully saturated rings. The van der Waals surface area contributed by atoms with Gasteiger partial charge in [0, 0.05) is 25.7 Å². The average Bonchev–Trinajstić information content (AvgIpc) is 3.24. The van der Waals surface area contributed by atoms with Crippen LogP contribution in [0.25, 0.3) is 0 Å². The minimum atomic E-state index is -4.86. The Morgan fingerprint density at radius 3 is 2.14 bits per heavy atom. The third-order valence-corrected chi connectivity index (χ3v) is 4.79. The van der Waals surface area contributed by atoms with Gasteiger partial charge in [-0.15, -0.1) is 0 Å². The summed E-state index contributed by atoms with van der Waals surface area (Å²) in [6, 6.07) is 9.13. The Kier molecular flexibility index (Phi) is 9.01. The van der Waals surface area contributed by atoms with Crippen LogP contribution in [0.1, 0.15) is 51.4 Å². The molecule has 8 nitrogen and oxygen atoms in total. The lowest BCUT2D eigenvalue weighted by Crippen LogP contribution is -2.14. The normalized spacial score (nSPS) is 11.1. The molecule has 0 saturated heterocycles. The molecular formula is C24H26F3N3O5. The fraction of sp³-hybridized carbons (Fsp3) is 0.292. The van der Waals surface area contributed by atoms with E-state index >= 15 is 0 Å². The maximum Gasteiger partial charge on any atom is 0.423 e. The molecule has 0 atom stereocenters. The van der Waals surface area contributed by atoms with Gasteiger partial charge in [-0.1, -0.05) is 38.1 Å². The number of rotatable bonds is 7. The van der Waals surface area contributed by atoms with Crippen molar-refractivity contribution in [2.24, 2.45) is 18.7 Å². The minimum Gasteiger partial charge on any atom is -0.506 e. The topological polar surface area (TPSA) is 128 Å². The van der Waals surface area contributed by atoms with Crippen molar-refractivity contribution in [1.82, 2.24) is 9.55 Å². The highest BCUT2D eigenvalue weighted by Gasteiger charge is 2.39. The zero-order valence-electron chi connectivity index (χ0n) is 19.3. The number of phenols is 1. The highest BCUT2D eigenvalue weighted by Crippen LogP contribution is 2.44. The molecule has 1 aromatic heterocycles. The van der Waals surface area contributed by atoms with Gasteiger partial charge in [-0.3, -0.25) is 4.79 Å². The third-order valence-electron chi connectivity index (χ3n) is 4.79. The van der Waals surface area contributed by atoms with Crippen molar-refractivity contribution in [2.75, 3.05) is 0 Å². The molecule has 0 spiro atoms. The molecule has 3 rings (SSSR count). The number of carbonyl (C=O) groups excluding carboxylic acids is 1. The van der Waals surface area contributed by atoms with Gasteiger partial charge >= 0.3 is 12.1 Å². The molecule has 188 valence electrons. The Hall–Kier alpha value is -3.86. The number of phenolic OH excluding ortho intramolecular Hbond substituents is 1.